The van der Waals surface area contributed by atoms with Crippen molar-refractivity contribution in [1.29, 1.82) is 0 Å². The van der Waals surface area contributed by atoms with Crippen LogP contribution in [0.15, 0.2) is 12.2 Å². The minimum Gasteiger partial charge on any atom is -0.377 e. The Balaban J connectivity index is 1.63. The van der Waals surface area contributed by atoms with Gasteiger partial charge in [-0.05, 0) is 0 Å². The molecule has 1 heterocycles. The first kappa shape index (κ1) is 36.4. The Kier molecular flexibility index (Phi) is 26.3. The standard InChI is InChI=1S/C26H46FNO12/c27-3-5-31-7-9-33-11-13-35-15-17-37-19-21-39-23-24-40-22-20-38-18-16-36-14-12-34-10-8-32-6-4-28-25(29)1-2-26(28)30/h1-2H,3-24H2. The second kappa shape index (κ2) is 28.9. The Labute approximate surface area is 236 Å². The summed E-state index contributed by atoms with van der Waals surface area (Å²) in [6.07, 6.45) is 2.50. The largest absolute Gasteiger partial charge is 0.377 e. The Bertz CT molecular complexity index is 610. The van der Waals surface area contributed by atoms with Gasteiger partial charge in [0.25, 0.3) is 11.8 Å². The van der Waals surface area contributed by atoms with Crippen LogP contribution in [0.3, 0.4) is 0 Å². The number of rotatable bonds is 32. The average Bonchev–Trinajstić information content (AvgIpc) is 3.28. The zero-order valence-corrected chi connectivity index (χ0v) is 23.4. The molecule has 13 nitrogen and oxygen atoms in total. The molecule has 0 radical (unpaired) electrons. The van der Waals surface area contributed by atoms with Crippen molar-refractivity contribution >= 4 is 11.8 Å². The highest BCUT2D eigenvalue weighted by atomic mass is 19.1. The lowest BCUT2D eigenvalue weighted by molar-refractivity contribution is -0.137. The summed E-state index contributed by atoms with van der Waals surface area (Å²) in [6.45, 7) is 8.34. The Morgan fingerprint density at radius 3 is 0.875 bits per heavy atom. The summed E-state index contributed by atoms with van der Waals surface area (Å²) in [5, 5.41) is 0. The van der Waals surface area contributed by atoms with Gasteiger partial charge in [-0.2, -0.15) is 0 Å². The van der Waals surface area contributed by atoms with Crippen molar-refractivity contribution in [3.63, 3.8) is 0 Å². The number of carbonyl (C=O) groups is 2. The third-order valence-electron chi connectivity index (χ3n) is 4.93. The summed E-state index contributed by atoms with van der Waals surface area (Å²) >= 11 is 0. The van der Waals surface area contributed by atoms with Gasteiger partial charge in [0.1, 0.15) is 6.67 Å². The van der Waals surface area contributed by atoms with Crippen molar-refractivity contribution in [2.75, 3.05) is 145 Å². The fourth-order valence-electron chi connectivity index (χ4n) is 2.94. The lowest BCUT2D eigenvalue weighted by atomic mass is 10.5. The first-order chi connectivity index (χ1) is 19.8. The van der Waals surface area contributed by atoms with E-state index in [2.05, 4.69) is 0 Å². The molecular formula is C26H46FNO12. The molecule has 40 heavy (non-hydrogen) atoms. The molecule has 14 heteroatoms. The van der Waals surface area contributed by atoms with Crippen LogP contribution in [-0.4, -0.2) is 162 Å². The second-order valence-corrected chi connectivity index (χ2v) is 7.97. The van der Waals surface area contributed by atoms with Crippen molar-refractivity contribution in [2.45, 2.75) is 0 Å². The maximum Gasteiger partial charge on any atom is 0.253 e. The zero-order valence-electron chi connectivity index (χ0n) is 23.4. The summed E-state index contributed by atoms with van der Waals surface area (Å²) in [4.78, 5) is 23.9. The summed E-state index contributed by atoms with van der Waals surface area (Å²) in [7, 11) is 0. The van der Waals surface area contributed by atoms with Crippen molar-refractivity contribution < 1.29 is 61.3 Å². The maximum atomic E-state index is 11.8. The van der Waals surface area contributed by atoms with Crippen LogP contribution in [0.25, 0.3) is 0 Å². The lowest BCUT2D eigenvalue weighted by Crippen LogP contribution is -2.33. The zero-order chi connectivity index (χ0) is 28.8. The molecule has 0 unspecified atom stereocenters. The van der Waals surface area contributed by atoms with Gasteiger partial charge in [0.05, 0.1) is 139 Å². The number of hydrogen-bond acceptors (Lipinski definition) is 12. The van der Waals surface area contributed by atoms with E-state index < -0.39 is 6.67 Å². The highest BCUT2D eigenvalue weighted by Gasteiger charge is 2.22. The van der Waals surface area contributed by atoms with Crippen LogP contribution in [0.4, 0.5) is 4.39 Å². The van der Waals surface area contributed by atoms with E-state index in [4.69, 9.17) is 47.4 Å². The predicted molar refractivity (Wildman–Crippen MR) is 140 cm³/mol. The molecular weight excluding hydrogens is 537 g/mol. The molecule has 0 aliphatic carbocycles. The summed E-state index contributed by atoms with van der Waals surface area (Å²) in [6, 6.07) is 0. The number of alkyl halides is 1. The van der Waals surface area contributed by atoms with Gasteiger partial charge in [-0.25, -0.2) is 4.39 Å². The summed E-state index contributed by atoms with van der Waals surface area (Å²) < 4.78 is 65.2. The van der Waals surface area contributed by atoms with E-state index in [1.807, 2.05) is 0 Å². The van der Waals surface area contributed by atoms with Gasteiger partial charge >= 0.3 is 0 Å². The average molecular weight is 584 g/mol. The van der Waals surface area contributed by atoms with Crippen LogP contribution >= 0.6 is 0 Å². The molecule has 1 rings (SSSR count). The number of ether oxygens (including phenoxy) is 10. The van der Waals surface area contributed by atoms with E-state index in [0.29, 0.717) is 119 Å². The molecule has 0 aromatic carbocycles. The van der Waals surface area contributed by atoms with E-state index in [1.54, 1.807) is 0 Å². The molecule has 0 fully saturated rings. The lowest BCUT2D eigenvalue weighted by Gasteiger charge is -2.13. The van der Waals surface area contributed by atoms with Crippen LogP contribution in [-0.2, 0) is 57.0 Å². The molecule has 234 valence electrons. The molecule has 0 N–H and O–H groups in total. The van der Waals surface area contributed by atoms with Gasteiger partial charge in [-0.3, -0.25) is 14.5 Å². The molecule has 0 bridgehead atoms. The maximum absolute atomic E-state index is 11.8. The number of nitrogens with zero attached hydrogens (tertiary/aromatic N) is 1. The normalized spacial score (nSPS) is 13.3. The van der Waals surface area contributed by atoms with Crippen LogP contribution in [0.2, 0.25) is 0 Å². The number of halogens is 1. The second-order valence-electron chi connectivity index (χ2n) is 7.97. The Morgan fingerprint density at radius 1 is 0.400 bits per heavy atom. The minimum atomic E-state index is -0.480. The molecule has 1 aliphatic heterocycles. The van der Waals surface area contributed by atoms with Gasteiger partial charge < -0.3 is 47.4 Å². The molecule has 0 spiro atoms. The third-order valence-corrected chi connectivity index (χ3v) is 4.93. The fourth-order valence-corrected chi connectivity index (χ4v) is 2.94. The molecule has 1 aliphatic rings. The fraction of sp³-hybridized carbons (Fsp3) is 0.846. The summed E-state index contributed by atoms with van der Waals surface area (Å²) in [5.41, 5.74) is 0. The van der Waals surface area contributed by atoms with E-state index in [0.717, 1.165) is 4.90 Å². The van der Waals surface area contributed by atoms with E-state index in [9.17, 15) is 14.0 Å². The molecule has 0 saturated heterocycles. The molecule has 0 saturated carbocycles. The number of carbonyl (C=O) groups excluding carboxylic acids is 2. The number of imide groups is 1. The molecule has 2 amide bonds. The van der Waals surface area contributed by atoms with Gasteiger partial charge in [0.15, 0.2) is 0 Å². The van der Waals surface area contributed by atoms with Crippen LogP contribution in [0.5, 0.6) is 0 Å². The van der Waals surface area contributed by atoms with E-state index in [1.165, 1.54) is 12.2 Å². The number of amides is 2. The van der Waals surface area contributed by atoms with Crippen molar-refractivity contribution in [3.8, 4) is 0 Å². The smallest absolute Gasteiger partial charge is 0.253 e. The predicted octanol–water partition coefficient (Wildman–Crippen LogP) is 0.0469. The first-order valence-electron chi connectivity index (χ1n) is 13.6. The van der Waals surface area contributed by atoms with Gasteiger partial charge in [0, 0.05) is 12.2 Å². The number of hydrogen-bond donors (Lipinski definition) is 0. The van der Waals surface area contributed by atoms with Gasteiger partial charge in [0.2, 0.25) is 0 Å². The monoisotopic (exact) mass is 583 g/mol. The quantitative estimate of drug-likeness (QED) is 0.0784. The SMILES string of the molecule is O=C1C=CC(=O)N1CCOCCOCCOCCOCCOCCOCCOCCOCCOCCOCCF. The van der Waals surface area contributed by atoms with E-state index >= 15 is 0 Å². The molecule has 0 aromatic rings. The Hall–Kier alpha value is -1.59. The highest BCUT2D eigenvalue weighted by molar-refractivity contribution is 6.12. The van der Waals surface area contributed by atoms with Crippen LogP contribution < -0.4 is 0 Å². The van der Waals surface area contributed by atoms with Gasteiger partial charge in [-0.1, -0.05) is 0 Å². The van der Waals surface area contributed by atoms with Crippen molar-refractivity contribution in [2.24, 2.45) is 0 Å². The van der Waals surface area contributed by atoms with E-state index in [-0.39, 0.29) is 31.6 Å². The summed E-state index contributed by atoms with van der Waals surface area (Å²) in [5.74, 6) is -0.618. The Morgan fingerprint density at radius 2 is 0.625 bits per heavy atom. The highest BCUT2D eigenvalue weighted by Crippen LogP contribution is 2.02. The minimum absolute atomic E-state index is 0.108. The molecule has 0 aromatic heterocycles. The van der Waals surface area contributed by atoms with Gasteiger partial charge in [-0.15, -0.1) is 0 Å². The first-order valence-corrected chi connectivity index (χ1v) is 13.6. The van der Waals surface area contributed by atoms with Crippen LogP contribution in [0, 0.1) is 0 Å². The van der Waals surface area contributed by atoms with Crippen molar-refractivity contribution in [1.82, 2.24) is 4.90 Å². The molecule has 0 atom stereocenters. The van der Waals surface area contributed by atoms with Crippen molar-refractivity contribution in [3.05, 3.63) is 12.2 Å². The topological polar surface area (TPSA) is 130 Å². The van der Waals surface area contributed by atoms with Crippen LogP contribution in [0.1, 0.15) is 0 Å². The third kappa shape index (κ3) is 23.1.